The van der Waals surface area contributed by atoms with Crippen LogP contribution in [0, 0.1) is 10.1 Å². The first-order valence-electron chi connectivity index (χ1n) is 6.84. The molecule has 1 aromatic rings. The summed E-state index contributed by atoms with van der Waals surface area (Å²) < 4.78 is 5.10. The van der Waals surface area contributed by atoms with Crippen LogP contribution in [0.25, 0.3) is 0 Å². The molecule has 8 heteroatoms. The number of hydrogen-bond acceptors (Lipinski definition) is 6. The van der Waals surface area contributed by atoms with Crippen molar-refractivity contribution >= 4 is 17.4 Å². The SMILES string of the molecule is CCCNc1cc(C(=O)NCCOCC)c([N+](=O)[O-])cn1. The number of pyridine rings is 1. The largest absolute Gasteiger partial charge is 0.380 e. The second-order valence-electron chi connectivity index (χ2n) is 4.22. The predicted molar refractivity (Wildman–Crippen MR) is 78.5 cm³/mol. The first-order valence-corrected chi connectivity index (χ1v) is 6.84. The summed E-state index contributed by atoms with van der Waals surface area (Å²) in [7, 11) is 0. The molecular weight excluding hydrogens is 276 g/mol. The molecule has 0 aliphatic carbocycles. The first-order chi connectivity index (χ1) is 10.1. The normalized spacial score (nSPS) is 10.2. The van der Waals surface area contributed by atoms with Crippen molar-refractivity contribution in [3.63, 3.8) is 0 Å². The maximum absolute atomic E-state index is 12.0. The van der Waals surface area contributed by atoms with Crippen LogP contribution in [0.2, 0.25) is 0 Å². The second-order valence-corrected chi connectivity index (χ2v) is 4.22. The van der Waals surface area contributed by atoms with E-state index < -0.39 is 10.8 Å². The van der Waals surface area contributed by atoms with Gasteiger partial charge in [-0.2, -0.15) is 0 Å². The molecule has 0 radical (unpaired) electrons. The molecule has 1 aromatic heterocycles. The second kappa shape index (κ2) is 8.85. The van der Waals surface area contributed by atoms with Gasteiger partial charge in [-0.3, -0.25) is 14.9 Å². The number of carbonyl (C=O) groups excluding carboxylic acids is 1. The topological polar surface area (TPSA) is 106 Å². The fourth-order valence-electron chi connectivity index (χ4n) is 1.60. The molecule has 0 bridgehead atoms. The molecule has 2 N–H and O–H groups in total. The summed E-state index contributed by atoms with van der Waals surface area (Å²) in [6, 6.07) is 1.39. The van der Waals surface area contributed by atoms with Gasteiger partial charge in [0, 0.05) is 25.8 Å². The van der Waals surface area contributed by atoms with Gasteiger partial charge >= 0.3 is 0 Å². The number of rotatable bonds is 9. The maximum atomic E-state index is 12.0. The van der Waals surface area contributed by atoms with Crippen molar-refractivity contribution in [2.24, 2.45) is 0 Å². The molecule has 0 fully saturated rings. The molecule has 116 valence electrons. The van der Waals surface area contributed by atoms with Gasteiger partial charge in [-0.05, 0) is 13.3 Å². The number of anilines is 1. The van der Waals surface area contributed by atoms with E-state index in [4.69, 9.17) is 4.74 Å². The molecule has 0 aliphatic rings. The van der Waals surface area contributed by atoms with Gasteiger partial charge in [-0.25, -0.2) is 4.98 Å². The minimum absolute atomic E-state index is 0.00917. The number of ether oxygens (including phenoxy) is 1. The summed E-state index contributed by atoms with van der Waals surface area (Å²) in [6.07, 6.45) is 1.98. The monoisotopic (exact) mass is 296 g/mol. The molecule has 8 nitrogen and oxygen atoms in total. The van der Waals surface area contributed by atoms with Gasteiger partial charge in [-0.15, -0.1) is 0 Å². The number of aromatic nitrogens is 1. The molecule has 0 unspecified atom stereocenters. The Bertz CT molecular complexity index is 493. The third-order valence-electron chi connectivity index (χ3n) is 2.62. The molecule has 0 saturated carbocycles. The van der Waals surface area contributed by atoms with E-state index >= 15 is 0 Å². The predicted octanol–water partition coefficient (Wildman–Crippen LogP) is 1.58. The Morgan fingerprint density at radius 2 is 2.19 bits per heavy atom. The van der Waals surface area contributed by atoms with Gasteiger partial charge in [0.15, 0.2) is 0 Å². The first kappa shape index (κ1) is 16.8. The standard InChI is InChI=1S/C13H20N4O4/c1-3-5-14-12-8-10(11(9-16-12)17(19)20)13(18)15-6-7-21-4-2/h8-9H,3-7H2,1-2H3,(H,14,16)(H,15,18). The summed E-state index contributed by atoms with van der Waals surface area (Å²) >= 11 is 0. The van der Waals surface area contributed by atoms with E-state index in [1.54, 1.807) is 0 Å². The lowest BCUT2D eigenvalue weighted by Gasteiger charge is -2.08. The Morgan fingerprint density at radius 1 is 1.43 bits per heavy atom. The number of nitrogens with one attached hydrogen (secondary N) is 2. The molecule has 1 amide bonds. The summed E-state index contributed by atoms with van der Waals surface area (Å²) in [5.41, 5.74) is -0.323. The smallest absolute Gasteiger partial charge is 0.300 e. The molecular formula is C13H20N4O4. The quantitative estimate of drug-likeness (QED) is 0.407. The molecule has 1 rings (SSSR count). The molecule has 1 heterocycles. The zero-order valence-electron chi connectivity index (χ0n) is 12.2. The maximum Gasteiger partial charge on any atom is 0.300 e. The number of carbonyl (C=O) groups is 1. The van der Waals surface area contributed by atoms with Crippen LogP contribution in [-0.4, -0.2) is 42.1 Å². The summed E-state index contributed by atoms with van der Waals surface area (Å²) in [4.78, 5) is 26.3. The van der Waals surface area contributed by atoms with Crippen molar-refractivity contribution < 1.29 is 14.5 Å². The van der Waals surface area contributed by atoms with E-state index in [9.17, 15) is 14.9 Å². The fourth-order valence-corrected chi connectivity index (χ4v) is 1.60. The van der Waals surface area contributed by atoms with Crippen molar-refractivity contribution in [2.75, 3.05) is 31.6 Å². The van der Waals surface area contributed by atoms with Crippen LogP contribution in [0.5, 0.6) is 0 Å². The van der Waals surface area contributed by atoms with Crippen molar-refractivity contribution in [1.82, 2.24) is 10.3 Å². The number of amides is 1. The molecule has 0 aliphatic heterocycles. The van der Waals surface area contributed by atoms with Gasteiger partial charge in [0.05, 0.1) is 11.5 Å². The Kier molecular flexibility index (Phi) is 7.10. The highest BCUT2D eigenvalue weighted by molar-refractivity contribution is 5.98. The Balaban J connectivity index is 2.84. The third-order valence-corrected chi connectivity index (χ3v) is 2.62. The van der Waals surface area contributed by atoms with Gasteiger partial charge in [0.2, 0.25) is 0 Å². The van der Waals surface area contributed by atoms with Crippen molar-refractivity contribution in [3.05, 3.63) is 27.9 Å². The van der Waals surface area contributed by atoms with Crippen molar-refractivity contribution in [1.29, 1.82) is 0 Å². The fraction of sp³-hybridized carbons (Fsp3) is 0.538. The van der Waals surface area contributed by atoms with Crippen LogP contribution in [0.15, 0.2) is 12.3 Å². The highest BCUT2D eigenvalue weighted by Crippen LogP contribution is 2.20. The Morgan fingerprint density at radius 3 is 2.81 bits per heavy atom. The zero-order chi connectivity index (χ0) is 15.7. The highest BCUT2D eigenvalue weighted by atomic mass is 16.6. The molecule has 21 heavy (non-hydrogen) atoms. The van der Waals surface area contributed by atoms with Crippen molar-refractivity contribution in [2.45, 2.75) is 20.3 Å². The molecule has 0 spiro atoms. The van der Waals surface area contributed by atoms with E-state index in [0.717, 1.165) is 12.6 Å². The van der Waals surface area contributed by atoms with Crippen LogP contribution in [0.1, 0.15) is 30.6 Å². The Hall–Kier alpha value is -2.22. The van der Waals surface area contributed by atoms with E-state index in [-0.39, 0.29) is 11.3 Å². The molecule has 0 atom stereocenters. The van der Waals surface area contributed by atoms with E-state index in [1.807, 2.05) is 13.8 Å². The van der Waals surface area contributed by atoms with E-state index in [1.165, 1.54) is 6.07 Å². The van der Waals surface area contributed by atoms with Crippen LogP contribution >= 0.6 is 0 Å². The highest BCUT2D eigenvalue weighted by Gasteiger charge is 2.21. The number of nitro groups is 1. The zero-order valence-corrected chi connectivity index (χ0v) is 12.2. The van der Waals surface area contributed by atoms with Gasteiger partial charge in [-0.1, -0.05) is 6.92 Å². The lowest BCUT2D eigenvalue weighted by Crippen LogP contribution is -2.28. The van der Waals surface area contributed by atoms with Crippen LogP contribution < -0.4 is 10.6 Å². The molecule has 0 saturated heterocycles. The van der Waals surface area contributed by atoms with Gasteiger partial charge in [0.1, 0.15) is 17.6 Å². The Labute approximate surface area is 123 Å². The van der Waals surface area contributed by atoms with Gasteiger partial charge in [0.25, 0.3) is 11.6 Å². The molecule has 0 aromatic carbocycles. The van der Waals surface area contributed by atoms with Gasteiger partial charge < -0.3 is 15.4 Å². The average molecular weight is 296 g/mol. The summed E-state index contributed by atoms with van der Waals surface area (Å²) in [5.74, 6) is -0.0687. The lowest BCUT2D eigenvalue weighted by atomic mass is 10.2. The third kappa shape index (κ3) is 5.35. The van der Waals surface area contributed by atoms with Crippen molar-refractivity contribution in [3.8, 4) is 0 Å². The minimum atomic E-state index is -0.617. The van der Waals surface area contributed by atoms with E-state index in [2.05, 4.69) is 15.6 Å². The van der Waals surface area contributed by atoms with Crippen LogP contribution in [0.3, 0.4) is 0 Å². The lowest BCUT2D eigenvalue weighted by molar-refractivity contribution is -0.385. The minimum Gasteiger partial charge on any atom is -0.380 e. The van der Waals surface area contributed by atoms with Crippen LogP contribution in [-0.2, 0) is 4.74 Å². The average Bonchev–Trinajstić information content (AvgIpc) is 2.48. The van der Waals surface area contributed by atoms with Crippen LogP contribution in [0.4, 0.5) is 11.5 Å². The summed E-state index contributed by atoms with van der Waals surface area (Å²) in [6.45, 7) is 5.72. The number of hydrogen-bond donors (Lipinski definition) is 2. The van der Waals surface area contributed by atoms with E-state index in [0.29, 0.717) is 32.1 Å². The summed E-state index contributed by atoms with van der Waals surface area (Å²) in [5, 5.41) is 16.6. The number of nitrogens with zero attached hydrogens (tertiary/aromatic N) is 2.